The summed E-state index contributed by atoms with van der Waals surface area (Å²) in [4.78, 5) is 4.37. The molecular weight excluding hydrogens is 274 g/mol. The Balaban J connectivity index is 2.26. The maximum atomic E-state index is 12.7. The zero-order valence-corrected chi connectivity index (χ0v) is 12.8. The second kappa shape index (κ2) is 6.65. The van der Waals surface area contributed by atoms with Gasteiger partial charge in [0.15, 0.2) is 0 Å². The molecule has 20 heavy (non-hydrogen) atoms. The average molecular weight is 297 g/mol. The molecule has 2 N–H and O–H groups in total. The van der Waals surface area contributed by atoms with E-state index in [0.717, 1.165) is 32.1 Å². The number of hydrogen-bond donors (Lipinski definition) is 1. The zero-order valence-electron chi connectivity index (χ0n) is 12.0. The van der Waals surface area contributed by atoms with E-state index in [1.165, 1.54) is 6.20 Å². The number of nitrogens with two attached hydrogens (primary N) is 1. The molecule has 0 aliphatic carbocycles. The summed E-state index contributed by atoms with van der Waals surface area (Å²) in [5.41, 5.74) is 6.19. The lowest BCUT2D eigenvalue weighted by Gasteiger charge is -2.34. The van der Waals surface area contributed by atoms with E-state index in [-0.39, 0.29) is 10.9 Å². The molecule has 1 aliphatic heterocycles. The van der Waals surface area contributed by atoms with Gasteiger partial charge >= 0.3 is 0 Å². The standard InChI is InChI=1S/C14H23N3O2S/c1-2-5-13-6-3-4-9-17(13)20(18,19)14-8-7-12(10-15)16-11-14/h7-8,11,13H,2-6,9-10,15H2,1H3. The molecule has 1 fully saturated rings. The number of pyridine rings is 1. The third-order valence-electron chi connectivity index (χ3n) is 3.81. The van der Waals surface area contributed by atoms with Crippen molar-refractivity contribution in [3.63, 3.8) is 0 Å². The van der Waals surface area contributed by atoms with Crippen LogP contribution in [-0.2, 0) is 16.6 Å². The Labute approximate surface area is 121 Å². The first-order valence-corrected chi connectivity index (χ1v) is 8.70. The number of aromatic nitrogens is 1. The van der Waals surface area contributed by atoms with Crippen molar-refractivity contribution < 1.29 is 8.42 Å². The lowest BCUT2D eigenvalue weighted by atomic mass is 10.0. The molecule has 1 atom stereocenters. The average Bonchev–Trinajstić information content (AvgIpc) is 2.48. The monoisotopic (exact) mass is 297 g/mol. The molecule has 0 bridgehead atoms. The van der Waals surface area contributed by atoms with Crippen molar-refractivity contribution in [1.29, 1.82) is 0 Å². The van der Waals surface area contributed by atoms with Crippen LogP contribution in [0, 0.1) is 0 Å². The van der Waals surface area contributed by atoms with E-state index in [2.05, 4.69) is 11.9 Å². The highest BCUT2D eigenvalue weighted by molar-refractivity contribution is 7.89. The molecular formula is C14H23N3O2S. The van der Waals surface area contributed by atoms with E-state index in [0.29, 0.717) is 18.8 Å². The van der Waals surface area contributed by atoms with Gasteiger partial charge in [0.05, 0.1) is 5.69 Å². The van der Waals surface area contributed by atoms with E-state index < -0.39 is 10.0 Å². The fourth-order valence-corrected chi connectivity index (χ4v) is 4.40. The van der Waals surface area contributed by atoms with E-state index >= 15 is 0 Å². The summed E-state index contributed by atoms with van der Waals surface area (Å²) in [6.45, 7) is 3.03. The molecule has 0 saturated carbocycles. The quantitative estimate of drug-likeness (QED) is 0.900. The van der Waals surface area contributed by atoms with Crippen molar-refractivity contribution in [2.75, 3.05) is 6.54 Å². The van der Waals surface area contributed by atoms with Crippen molar-refractivity contribution in [2.24, 2.45) is 5.73 Å². The summed E-state index contributed by atoms with van der Waals surface area (Å²) in [6.07, 6.45) is 6.36. The Bertz CT molecular complexity index is 526. The fraction of sp³-hybridized carbons (Fsp3) is 0.643. The highest BCUT2D eigenvalue weighted by Crippen LogP contribution is 2.27. The van der Waals surface area contributed by atoms with Crippen LogP contribution in [0.3, 0.4) is 0 Å². The molecule has 0 aromatic carbocycles. The van der Waals surface area contributed by atoms with Gasteiger partial charge < -0.3 is 5.73 Å². The van der Waals surface area contributed by atoms with Crippen LogP contribution in [0.5, 0.6) is 0 Å². The Kier molecular flexibility index (Phi) is 5.12. The van der Waals surface area contributed by atoms with Crippen molar-refractivity contribution in [3.05, 3.63) is 24.0 Å². The van der Waals surface area contributed by atoms with Crippen molar-refractivity contribution in [3.8, 4) is 0 Å². The number of rotatable bonds is 5. The summed E-state index contributed by atoms with van der Waals surface area (Å²) in [5.74, 6) is 0. The van der Waals surface area contributed by atoms with Gasteiger partial charge in [-0.1, -0.05) is 19.8 Å². The maximum Gasteiger partial charge on any atom is 0.244 e. The molecule has 6 heteroatoms. The van der Waals surface area contributed by atoms with Crippen molar-refractivity contribution in [2.45, 2.75) is 56.5 Å². The third-order valence-corrected chi connectivity index (χ3v) is 5.74. The van der Waals surface area contributed by atoms with Crippen molar-refractivity contribution in [1.82, 2.24) is 9.29 Å². The Morgan fingerprint density at radius 2 is 2.20 bits per heavy atom. The molecule has 0 radical (unpaired) electrons. The van der Waals surface area contributed by atoms with Gasteiger partial charge in [0.1, 0.15) is 4.90 Å². The van der Waals surface area contributed by atoms with Crippen LogP contribution in [0.4, 0.5) is 0 Å². The second-order valence-electron chi connectivity index (χ2n) is 5.24. The van der Waals surface area contributed by atoms with Gasteiger partial charge in [-0.05, 0) is 31.4 Å². The van der Waals surface area contributed by atoms with Gasteiger partial charge in [-0.2, -0.15) is 4.31 Å². The van der Waals surface area contributed by atoms with Crippen LogP contribution in [0.1, 0.15) is 44.7 Å². The first kappa shape index (κ1) is 15.4. The van der Waals surface area contributed by atoms with Gasteiger partial charge in [0, 0.05) is 25.3 Å². The van der Waals surface area contributed by atoms with Gasteiger partial charge in [0.2, 0.25) is 10.0 Å². The molecule has 0 amide bonds. The molecule has 5 nitrogen and oxygen atoms in total. The number of nitrogens with zero attached hydrogens (tertiary/aromatic N) is 2. The summed E-state index contributed by atoms with van der Waals surface area (Å²) >= 11 is 0. The molecule has 2 heterocycles. The molecule has 1 saturated heterocycles. The summed E-state index contributed by atoms with van der Waals surface area (Å²) < 4.78 is 27.1. The van der Waals surface area contributed by atoms with Crippen LogP contribution in [0.15, 0.2) is 23.2 Å². The Morgan fingerprint density at radius 3 is 2.80 bits per heavy atom. The van der Waals surface area contributed by atoms with Crippen molar-refractivity contribution >= 4 is 10.0 Å². The minimum absolute atomic E-state index is 0.132. The highest BCUT2D eigenvalue weighted by Gasteiger charge is 2.32. The topological polar surface area (TPSA) is 76.3 Å². The van der Waals surface area contributed by atoms with Gasteiger partial charge in [-0.25, -0.2) is 8.42 Å². The first-order valence-electron chi connectivity index (χ1n) is 7.26. The minimum atomic E-state index is -3.43. The Hall–Kier alpha value is -0.980. The zero-order chi connectivity index (χ0) is 14.6. The predicted molar refractivity (Wildman–Crippen MR) is 78.6 cm³/mol. The fourth-order valence-electron chi connectivity index (χ4n) is 2.73. The first-order chi connectivity index (χ1) is 9.59. The minimum Gasteiger partial charge on any atom is -0.325 e. The Morgan fingerprint density at radius 1 is 1.40 bits per heavy atom. The number of sulfonamides is 1. The molecule has 1 aromatic heterocycles. The molecule has 1 unspecified atom stereocenters. The lowest BCUT2D eigenvalue weighted by molar-refractivity contribution is 0.239. The number of piperidine rings is 1. The van der Waals surface area contributed by atoms with Gasteiger partial charge in [0.25, 0.3) is 0 Å². The van der Waals surface area contributed by atoms with E-state index in [4.69, 9.17) is 5.73 Å². The highest BCUT2D eigenvalue weighted by atomic mass is 32.2. The van der Waals surface area contributed by atoms with Crippen LogP contribution in [-0.4, -0.2) is 30.3 Å². The molecule has 1 aromatic rings. The van der Waals surface area contributed by atoms with Gasteiger partial charge in [-0.15, -0.1) is 0 Å². The molecule has 1 aliphatic rings. The summed E-state index contributed by atoms with van der Waals surface area (Å²) in [7, 11) is -3.43. The van der Waals surface area contributed by atoms with E-state index in [1.54, 1.807) is 16.4 Å². The normalized spacial score (nSPS) is 21.0. The molecule has 0 spiro atoms. The third kappa shape index (κ3) is 3.19. The molecule has 112 valence electrons. The number of hydrogen-bond acceptors (Lipinski definition) is 4. The lowest BCUT2D eigenvalue weighted by Crippen LogP contribution is -2.43. The summed E-state index contributed by atoms with van der Waals surface area (Å²) in [5, 5.41) is 0. The molecule has 2 rings (SSSR count). The smallest absolute Gasteiger partial charge is 0.244 e. The maximum absolute atomic E-state index is 12.7. The van der Waals surface area contributed by atoms with Crippen LogP contribution >= 0.6 is 0 Å². The van der Waals surface area contributed by atoms with Crippen LogP contribution in [0.25, 0.3) is 0 Å². The van der Waals surface area contributed by atoms with E-state index in [9.17, 15) is 8.42 Å². The largest absolute Gasteiger partial charge is 0.325 e. The second-order valence-corrected chi connectivity index (χ2v) is 7.13. The SMILES string of the molecule is CCCC1CCCCN1S(=O)(=O)c1ccc(CN)nc1. The van der Waals surface area contributed by atoms with Crippen LogP contribution < -0.4 is 5.73 Å². The van der Waals surface area contributed by atoms with Gasteiger partial charge in [-0.3, -0.25) is 4.98 Å². The predicted octanol–water partition coefficient (Wildman–Crippen LogP) is 1.88. The van der Waals surface area contributed by atoms with E-state index in [1.807, 2.05) is 0 Å². The summed E-state index contributed by atoms with van der Waals surface area (Å²) in [6, 6.07) is 3.43. The van der Waals surface area contributed by atoms with Crippen LogP contribution in [0.2, 0.25) is 0 Å².